The summed E-state index contributed by atoms with van der Waals surface area (Å²) in [5, 5.41) is 18.1. The number of carbonyl (C=O) groups excluding carboxylic acids is 2. The molecule has 1 aliphatic heterocycles. The van der Waals surface area contributed by atoms with Crippen LogP contribution >= 0.6 is 0 Å². The molecule has 0 saturated heterocycles. The molecule has 0 radical (unpaired) electrons. The van der Waals surface area contributed by atoms with Gasteiger partial charge in [-0.1, -0.05) is 36.4 Å². The Bertz CT molecular complexity index is 1560. The predicted octanol–water partition coefficient (Wildman–Crippen LogP) is 4.75. The zero-order valence-electron chi connectivity index (χ0n) is 20.5. The lowest BCUT2D eigenvalue weighted by Crippen LogP contribution is -2.28. The van der Waals surface area contributed by atoms with Gasteiger partial charge in [0.1, 0.15) is 23.5 Å². The van der Waals surface area contributed by atoms with Crippen molar-refractivity contribution in [1.82, 2.24) is 15.3 Å². The Morgan fingerprint density at radius 1 is 1.08 bits per heavy atom. The third kappa shape index (κ3) is 5.34. The van der Waals surface area contributed by atoms with E-state index < -0.39 is 5.91 Å². The van der Waals surface area contributed by atoms with Crippen molar-refractivity contribution in [2.45, 2.75) is 25.9 Å². The third-order valence-corrected chi connectivity index (χ3v) is 6.30. The summed E-state index contributed by atoms with van der Waals surface area (Å²) in [6.45, 7) is 2.19. The fraction of sp³-hybridized carbons (Fsp3) is 0.138. The van der Waals surface area contributed by atoms with E-state index >= 15 is 0 Å². The average molecular weight is 507 g/mol. The summed E-state index contributed by atoms with van der Waals surface area (Å²) in [5.74, 6) is 0.149. The summed E-state index contributed by atoms with van der Waals surface area (Å²) in [6.07, 6.45) is 3.47. The number of rotatable bonds is 7. The molecule has 0 fully saturated rings. The fourth-order valence-corrected chi connectivity index (χ4v) is 4.21. The van der Waals surface area contributed by atoms with Crippen LogP contribution in [0.2, 0.25) is 0 Å². The molecule has 1 atom stereocenters. The molecule has 8 nitrogen and oxygen atoms in total. The van der Waals surface area contributed by atoms with Crippen molar-refractivity contribution in [2.24, 2.45) is 0 Å². The lowest BCUT2D eigenvalue weighted by atomic mass is 10.0. The molecule has 4 aromatic rings. The number of nitrogens with zero attached hydrogens (tertiary/aromatic N) is 3. The van der Waals surface area contributed by atoms with Gasteiger partial charge in [0.25, 0.3) is 5.91 Å². The molecule has 2 amide bonds. The lowest BCUT2D eigenvalue weighted by molar-refractivity contribution is -0.115. The second kappa shape index (κ2) is 10.5. The molecule has 0 bridgehead atoms. The zero-order chi connectivity index (χ0) is 26.6. The summed E-state index contributed by atoms with van der Waals surface area (Å²) < 4.78 is 13.3. The summed E-state index contributed by atoms with van der Waals surface area (Å²) in [6, 6.07) is 18.8. The largest absolute Gasteiger partial charge is 0.365 e. The monoisotopic (exact) mass is 506 g/mol. The maximum atomic E-state index is 13.3. The predicted molar refractivity (Wildman–Crippen MR) is 141 cm³/mol. The molecule has 3 heterocycles. The second-order valence-electron chi connectivity index (χ2n) is 8.99. The zero-order valence-corrected chi connectivity index (χ0v) is 20.5. The van der Waals surface area contributed by atoms with Crippen LogP contribution in [-0.2, 0) is 17.8 Å². The van der Waals surface area contributed by atoms with Gasteiger partial charge in [-0.15, -0.1) is 0 Å². The molecule has 3 N–H and O–H groups in total. The van der Waals surface area contributed by atoms with Crippen LogP contribution in [0, 0.1) is 17.1 Å². The minimum atomic E-state index is -0.402. The van der Waals surface area contributed by atoms with Crippen molar-refractivity contribution in [3.05, 3.63) is 107 Å². The van der Waals surface area contributed by atoms with Gasteiger partial charge in [0.2, 0.25) is 5.91 Å². The number of aromatic nitrogens is 2. The van der Waals surface area contributed by atoms with Crippen molar-refractivity contribution in [1.29, 1.82) is 5.26 Å². The number of carbonyl (C=O) groups is 2. The number of fused-ring (bicyclic) bond motifs is 1. The van der Waals surface area contributed by atoms with Gasteiger partial charge in [-0.25, -0.2) is 14.4 Å². The van der Waals surface area contributed by atoms with Crippen LogP contribution in [0.5, 0.6) is 0 Å². The van der Waals surface area contributed by atoms with Crippen molar-refractivity contribution < 1.29 is 14.0 Å². The number of pyridine rings is 2. The van der Waals surface area contributed by atoms with Gasteiger partial charge in [-0.2, -0.15) is 5.26 Å². The van der Waals surface area contributed by atoms with Crippen molar-refractivity contribution in [3.8, 4) is 17.2 Å². The quantitative estimate of drug-likeness (QED) is 0.333. The number of nitriles is 1. The molecule has 2 aromatic heterocycles. The SMILES string of the molecule is C[C@H](NC(=O)c1cc(C#N)cnc1NCc1ccc(-c2cnc3c(c2)CC(=O)N3)cc1)c1ccc(F)cc1. The molecular weight excluding hydrogens is 483 g/mol. The van der Waals surface area contributed by atoms with E-state index in [0.29, 0.717) is 24.6 Å². The van der Waals surface area contributed by atoms with Gasteiger partial charge < -0.3 is 16.0 Å². The smallest absolute Gasteiger partial charge is 0.255 e. The number of hydrogen-bond donors (Lipinski definition) is 3. The van der Waals surface area contributed by atoms with Crippen LogP contribution < -0.4 is 16.0 Å². The number of hydrogen-bond acceptors (Lipinski definition) is 6. The molecule has 9 heteroatoms. The Morgan fingerprint density at radius 2 is 1.84 bits per heavy atom. The Kier molecular flexibility index (Phi) is 6.78. The number of halogens is 1. The van der Waals surface area contributed by atoms with E-state index in [9.17, 15) is 19.2 Å². The summed E-state index contributed by atoms with van der Waals surface area (Å²) >= 11 is 0. The average Bonchev–Trinajstić information content (AvgIpc) is 3.31. The molecule has 0 aliphatic carbocycles. The van der Waals surface area contributed by atoms with E-state index in [2.05, 4.69) is 25.9 Å². The number of anilines is 2. The Labute approximate surface area is 218 Å². The van der Waals surface area contributed by atoms with Crippen LogP contribution in [0.15, 0.2) is 73.1 Å². The Balaban J connectivity index is 1.29. The van der Waals surface area contributed by atoms with E-state index in [1.165, 1.54) is 24.4 Å². The third-order valence-electron chi connectivity index (χ3n) is 6.30. The maximum Gasteiger partial charge on any atom is 0.255 e. The fourth-order valence-electron chi connectivity index (χ4n) is 4.21. The van der Waals surface area contributed by atoms with E-state index in [4.69, 9.17) is 0 Å². The minimum absolute atomic E-state index is 0.0551. The molecule has 1 aliphatic rings. The van der Waals surface area contributed by atoms with E-state index in [0.717, 1.165) is 27.8 Å². The summed E-state index contributed by atoms with van der Waals surface area (Å²) in [5.41, 5.74) is 4.97. The normalized spacial score (nSPS) is 12.7. The van der Waals surface area contributed by atoms with Crippen LogP contribution in [-0.4, -0.2) is 21.8 Å². The van der Waals surface area contributed by atoms with Crippen LogP contribution in [0.25, 0.3) is 11.1 Å². The molecule has 0 spiro atoms. The lowest BCUT2D eigenvalue weighted by Gasteiger charge is -2.16. The van der Waals surface area contributed by atoms with Crippen molar-refractivity contribution >= 4 is 23.5 Å². The van der Waals surface area contributed by atoms with Crippen LogP contribution in [0.3, 0.4) is 0 Å². The Hall–Kier alpha value is -5.10. The van der Waals surface area contributed by atoms with Gasteiger partial charge in [-0.05, 0) is 47.9 Å². The van der Waals surface area contributed by atoms with Crippen molar-refractivity contribution in [3.63, 3.8) is 0 Å². The highest BCUT2D eigenvalue weighted by Crippen LogP contribution is 2.27. The first-order valence-corrected chi connectivity index (χ1v) is 12.0. The maximum absolute atomic E-state index is 13.3. The van der Waals surface area contributed by atoms with E-state index in [1.807, 2.05) is 36.4 Å². The van der Waals surface area contributed by atoms with Gasteiger partial charge in [-0.3, -0.25) is 9.59 Å². The highest BCUT2D eigenvalue weighted by Gasteiger charge is 2.20. The highest BCUT2D eigenvalue weighted by molar-refractivity contribution is 5.99. The molecule has 0 saturated carbocycles. The van der Waals surface area contributed by atoms with E-state index in [-0.39, 0.29) is 28.9 Å². The first-order valence-electron chi connectivity index (χ1n) is 12.0. The molecule has 0 unspecified atom stereocenters. The first-order chi connectivity index (χ1) is 18.4. The molecule has 5 rings (SSSR count). The topological polar surface area (TPSA) is 120 Å². The van der Waals surface area contributed by atoms with E-state index in [1.54, 1.807) is 25.3 Å². The molecule has 38 heavy (non-hydrogen) atoms. The number of benzene rings is 2. The molecular formula is C29H23FN6O2. The van der Waals surface area contributed by atoms with Crippen LogP contribution in [0.4, 0.5) is 16.0 Å². The highest BCUT2D eigenvalue weighted by atomic mass is 19.1. The van der Waals surface area contributed by atoms with Gasteiger partial charge >= 0.3 is 0 Å². The van der Waals surface area contributed by atoms with Crippen LogP contribution in [0.1, 0.15) is 45.6 Å². The van der Waals surface area contributed by atoms with Gasteiger partial charge in [0.05, 0.1) is 23.6 Å². The van der Waals surface area contributed by atoms with Gasteiger partial charge in [0, 0.05) is 30.1 Å². The number of amides is 2. The summed E-state index contributed by atoms with van der Waals surface area (Å²) in [7, 11) is 0. The molecule has 2 aromatic carbocycles. The minimum Gasteiger partial charge on any atom is -0.365 e. The van der Waals surface area contributed by atoms with Crippen molar-refractivity contribution in [2.75, 3.05) is 10.6 Å². The standard InChI is InChI=1S/C29H23FN6O2/c1-17(20-6-8-24(30)9-7-20)35-29(38)25-10-19(13-31)15-33-28(25)32-14-18-2-4-21(5-3-18)23-11-22-12-26(37)36-27(22)34-16-23/h2-11,15-17H,12,14H2,1H3,(H,32,33)(H,35,38)(H,34,36,37)/t17-/m0/s1. The Morgan fingerprint density at radius 3 is 2.58 bits per heavy atom. The first kappa shape index (κ1) is 24.6. The van der Waals surface area contributed by atoms with Gasteiger partial charge in [0.15, 0.2) is 0 Å². The summed E-state index contributed by atoms with van der Waals surface area (Å²) in [4.78, 5) is 33.3. The number of nitrogens with one attached hydrogen (secondary N) is 3. The molecule has 188 valence electrons. The second-order valence-corrected chi connectivity index (χ2v) is 8.99.